The SMILES string of the molecule is COc1ccc(CCN)cc1OC1CCC1. The van der Waals surface area contributed by atoms with E-state index in [0.717, 1.165) is 30.8 Å². The molecule has 0 radical (unpaired) electrons. The molecule has 3 nitrogen and oxygen atoms in total. The maximum absolute atomic E-state index is 5.89. The van der Waals surface area contributed by atoms with E-state index in [1.807, 2.05) is 18.2 Å². The van der Waals surface area contributed by atoms with Crippen LogP contribution in [0.15, 0.2) is 18.2 Å². The molecule has 0 aromatic heterocycles. The summed E-state index contributed by atoms with van der Waals surface area (Å²) in [6, 6.07) is 6.04. The number of benzene rings is 1. The quantitative estimate of drug-likeness (QED) is 0.828. The molecule has 0 atom stereocenters. The highest BCUT2D eigenvalue weighted by atomic mass is 16.5. The summed E-state index contributed by atoms with van der Waals surface area (Å²) in [5.74, 6) is 1.67. The Bertz CT molecular complexity index is 348. The first-order valence-corrected chi connectivity index (χ1v) is 5.87. The lowest BCUT2D eigenvalue weighted by molar-refractivity contribution is 0.116. The molecule has 88 valence electrons. The Morgan fingerprint density at radius 1 is 1.31 bits per heavy atom. The van der Waals surface area contributed by atoms with E-state index in [9.17, 15) is 0 Å². The van der Waals surface area contributed by atoms with Gasteiger partial charge in [0, 0.05) is 0 Å². The van der Waals surface area contributed by atoms with Crippen molar-refractivity contribution in [3.05, 3.63) is 23.8 Å². The molecular formula is C13H19NO2. The van der Waals surface area contributed by atoms with Gasteiger partial charge in [-0.3, -0.25) is 0 Å². The fourth-order valence-electron chi connectivity index (χ4n) is 1.80. The van der Waals surface area contributed by atoms with Gasteiger partial charge in [0.25, 0.3) is 0 Å². The molecule has 2 N–H and O–H groups in total. The van der Waals surface area contributed by atoms with Crippen molar-refractivity contribution in [1.29, 1.82) is 0 Å². The van der Waals surface area contributed by atoms with Crippen LogP contribution in [0.1, 0.15) is 24.8 Å². The molecule has 1 aliphatic carbocycles. The highest BCUT2D eigenvalue weighted by Crippen LogP contribution is 2.33. The van der Waals surface area contributed by atoms with Crippen LogP contribution < -0.4 is 15.2 Å². The lowest BCUT2D eigenvalue weighted by Gasteiger charge is -2.27. The van der Waals surface area contributed by atoms with Crippen LogP contribution in [0.25, 0.3) is 0 Å². The molecule has 3 heteroatoms. The first-order valence-electron chi connectivity index (χ1n) is 5.87. The second kappa shape index (κ2) is 5.21. The predicted octanol–water partition coefficient (Wildman–Crippen LogP) is 2.13. The minimum absolute atomic E-state index is 0.377. The van der Waals surface area contributed by atoms with Crippen molar-refractivity contribution in [3.8, 4) is 11.5 Å². The molecule has 0 heterocycles. The van der Waals surface area contributed by atoms with Crippen molar-refractivity contribution < 1.29 is 9.47 Å². The van der Waals surface area contributed by atoms with Gasteiger partial charge in [-0.15, -0.1) is 0 Å². The van der Waals surface area contributed by atoms with Crippen LogP contribution in [0.5, 0.6) is 11.5 Å². The molecule has 1 fully saturated rings. The average molecular weight is 221 g/mol. The van der Waals surface area contributed by atoms with Crippen LogP contribution in [0.3, 0.4) is 0 Å². The highest BCUT2D eigenvalue weighted by Gasteiger charge is 2.20. The van der Waals surface area contributed by atoms with Crippen LogP contribution in [-0.2, 0) is 6.42 Å². The van der Waals surface area contributed by atoms with E-state index in [1.165, 1.54) is 12.0 Å². The Morgan fingerprint density at radius 2 is 2.12 bits per heavy atom. The molecule has 0 saturated heterocycles. The Morgan fingerprint density at radius 3 is 2.69 bits per heavy atom. The maximum Gasteiger partial charge on any atom is 0.161 e. The van der Waals surface area contributed by atoms with Crippen molar-refractivity contribution in [2.75, 3.05) is 13.7 Å². The standard InChI is InChI=1S/C13H19NO2/c1-15-12-6-5-10(7-8-14)9-13(12)16-11-3-2-4-11/h5-6,9,11H,2-4,7-8,14H2,1H3. The fourth-order valence-corrected chi connectivity index (χ4v) is 1.80. The van der Waals surface area contributed by atoms with Gasteiger partial charge in [-0.05, 0) is 49.9 Å². The van der Waals surface area contributed by atoms with Gasteiger partial charge in [-0.2, -0.15) is 0 Å². The number of methoxy groups -OCH3 is 1. The van der Waals surface area contributed by atoms with E-state index in [-0.39, 0.29) is 0 Å². The smallest absolute Gasteiger partial charge is 0.161 e. The van der Waals surface area contributed by atoms with E-state index in [1.54, 1.807) is 7.11 Å². The van der Waals surface area contributed by atoms with Crippen LogP contribution >= 0.6 is 0 Å². The van der Waals surface area contributed by atoms with Crippen molar-refractivity contribution in [1.82, 2.24) is 0 Å². The van der Waals surface area contributed by atoms with Crippen LogP contribution in [0.4, 0.5) is 0 Å². The summed E-state index contributed by atoms with van der Waals surface area (Å²) >= 11 is 0. The number of hydrogen-bond donors (Lipinski definition) is 1. The highest BCUT2D eigenvalue weighted by molar-refractivity contribution is 5.43. The van der Waals surface area contributed by atoms with Gasteiger partial charge in [-0.1, -0.05) is 6.07 Å². The summed E-state index contributed by atoms with van der Waals surface area (Å²) in [6.45, 7) is 0.662. The molecule has 1 aliphatic rings. The summed E-state index contributed by atoms with van der Waals surface area (Å²) in [7, 11) is 1.67. The molecule has 16 heavy (non-hydrogen) atoms. The zero-order chi connectivity index (χ0) is 11.4. The molecule has 0 spiro atoms. The summed E-state index contributed by atoms with van der Waals surface area (Å²) in [4.78, 5) is 0. The minimum atomic E-state index is 0.377. The first-order chi connectivity index (χ1) is 7.83. The third-order valence-corrected chi connectivity index (χ3v) is 3.01. The Balaban J connectivity index is 2.13. The molecule has 1 aromatic carbocycles. The molecule has 0 aliphatic heterocycles. The fraction of sp³-hybridized carbons (Fsp3) is 0.538. The van der Waals surface area contributed by atoms with E-state index in [2.05, 4.69) is 0 Å². The van der Waals surface area contributed by atoms with Gasteiger partial charge in [-0.25, -0.2) is 0 Å². The molecule has 1 saturated carbocycles. The molecular weight excluding hydrogens is 202 g/mol. The van der Waals surface area contributed by atoms with E-state index in [0.29, 0.717) is 12.6 Å². The molecule has 0 bridgehead atoms. The van der Waals surface area contributed by atoms with Gasteiger partial charge in [0.05, 0.1) is 13.2 Å². The zero-order valence-electron chi connectivity index (χ0n) is 9.74. The van der Waals surface area contributed by atoms with Crippen LogP contribution in [0, 0.1) is 0 Å². The van der Waals surface area contributed by atoms with Gasteiger partial charge >= 0.3 is 0 Å². The van der Waals surface area contributed by atoms with E-state index >= 15 is 0 Å². The molecule has 1 aromatic rings. The third-order valence-electron chi connectivity index (χ3n) is 3.01. The summed E-state index contributed by atoms with van der Waals surface area (Å²) in [5, 5.41) is 0. The Hall–Kier alpha value is -1.22. The lowest BCUT2D eigenvalue weighted by Crippen LogP contribution is -2.24. The number of rotatable bonds is 5. The van der Waals surface area contributed by atoms with Crippen molar-refractivity contribution in [2.24, 2.45) is 5.73 Å². The van der Waals surface area contributed by atoms with Crippen LogP contribution in [-0.4, -0.2) is 19.8 Å². The summed E-state index contributed by atoms with van der Waals surface area (Å²) < 4.78 is 11.2. The van der Waals surface area contributed by atoms with E-state index < -0.39 is 0 Å². The van der Waals surface area contributed by atoms with Gasteiger partial charge in [0.1, 0.15) is 0 Å². The zero-order valence-corrected chi connectivity index (χ0v) is 9.74. The topological polar surface area (TPSA) is 44.5 Å². The third kappa shape index (κ3) is 2.47. The summed E-state index contributed by atoms with van der Waals surface area (Å²) in [5.41, 5.74) is 6.75. The van der Waals surface area contributed by atoms with Crippen molar-refractivity contribution in [2.45, 2.75) is 31.8 Å². The monoisotopic (exact) mass is 221 g/mol. The van der Waals surface area contributed by atoms with Crippen molar-refractivity contribution >= 4 is 0 Å². The second-order valence-electron chi connectivity index (χ2n) is 4.19. The predicted molar refractivity (Wildman–Crippen MR) is 64.0 cm³/mol. The maximum atomic E-state index is 5.89. The average Bonchev–Trinajstić information content (AvgIpc) is 2.24. The molecule has 0 amide bonds. The molecule has 0 unspecified atom stereocenters. The van der Waals surface area contributed by atoms with Crippen LogP contribution in [0.2, 0.25) is 0 Å². The first kappa shape index (κ1) is 11.3. The lowest BCUT2D eigenvalue weighted by atomic mass is 9.96. The number of ether oxygens (including phenoxy) is 2. The Kier molecular flexibility index (Phi) is 3.67. The van der Waals surface area contributed by atoms with E-state index in [4.69, 9.17) is 15.2 Å². The Labute approximate surface area is 96.5 Å². The van der Waals surface area contributed by atoms with Gasteiger partial charge < -0.3 is 15.2 Å². The molecule has 2 rings (SSSR count). The van der Waals surface area contributed by atoms with Gasteiger partial charge in [0.2, 0.25) is 0 Å². The number of nitrogens with two attached hydrogens (primary N) is 1. The van der Waals surface area contributed by atoms with Gasteiger partial charge in [0.15, 0.2) is 11.5 Å². The largest absolute Gasteiger partial charge is 0.493 e. The number of hydrogen-bond acceptors (Lipinski definition) is 3. The summed E-state index contributed by atoms with van der Waals surface area (Å²) in [6.07, 6.45) is 4.84. The normalized spacial score (nSPS) is 15.6. The second-order valence-corrected chi connectivity index (χ2v) is 4.19. The van der Waals surface area contributed by atoms with Crippen molar-refractivity contribution in [3.63, 3.8) is 0 Å². The minimum Gasteiger partial charge on any atom is -0.493 e.